The zero-order valence-electron chi connectivity index (χ0n) is 12.1. The highest BCUT2D eigenvalue weighted by Crippen LogP contribution is 2.33. The van der Waals surface area contributed by atoms with Crippen molar-refractivity contribution in [3.63, 3.8) is 0 Å². The highest BCUT2D eigenvalue weighted by atomic mass is 19.4. The molecule has 2 atom stereocenters. The fourth-order valence-corrected chi connectivity index (χ4v) is 2.31. The Morgan fingerprint density at radius 1 is 1.25 bits per heavy atom. The second kappa shape index (κ2) is 6.97. The van der Waals surface area contributed by atoms with Crippen LogP contribution in [-0.2, 0) is 12.6 Å². The molecule has 0 saturated heterocycles. The molecule has 0 aliphatic rings. The van der Waals surface area contributed by atoms with E-state index < -0.39 is 11.7 Å². The highest BCUT2D eigenvalue weighted by molar-refractivity contribution is 5.38. The molecule has 0 spiro atoms. The van der Waals surface area contributed by atoms with Gasteiger partial charge in [-0.2, -0.15) is 13.2 Å². The minimum atomic E-state index is -4.33. The van der Waals surface area contributed by atoms with Crippen molar-refractivity contribution < 1.29 is 17.9 Å². The molecular formula is C15H22F3NO. The smallest absolute Gasteiger partial charge is 0.416 e. The topological polar surface area (TPSA) is 35.2 Å². The number of nitrogens with two attached hydrogens (primary N) is 1. The molecule has 114 valence electrons. The Hall–Kier alpha value is -1.23. The molecule has 0 saturated carbocycles. The van der Waals surface area contributed by atoms with E-state index in [4.69, 9.17) is 10.5 Å². The minimum absolute atomic E-state index is 0.0337. The molecule has 2 unspecified atom stereocenters. The number of alkyl halides is 3. The largest absolute Gasteiger partial charge is 0.494 e. The summed E-state index contributed by atoms with van der Waals surface area (Å²) in [7, 11) is 0. The molecule has 0 aliphatic carbocycles. The maximum absolute atomic E-state index is 12.8. The predicted molar refractivity (Wildman–Crippen MR) is 73.7 cm³/mol. The summed E-state index contributed by atoms with van der Waals surface area (Å²) in [5, 5.41) is 0. The lowest BCUT2D eigenvalue weighted by atomic mass is 9.93. The molecule has 0 bridgehead atoms. The van der Waals surface area contributed by atoms with Crippen molar-refractivity contribution in [1.82, 2.24) is 0 Å². The summed E-state index contributed by atoms with van der Waals surface area (Å²) in [5.74, 6) is 0.731. The fraction of sp³-hybridized carbons (Fsp3) is 0.600. The van der Waals surface area contributed by atoms with Gasteiger partial charge in [0.15, 0.2) is 0 Å². The van der Waals surface area contributed by atoms with Crippen LogP contribution in [0.15, 0.2) is 18.2 Å². The van der Waals surface area contributed by atoms with Gasteiger partial charge in [0, 0.05) is 6.04 Å². The normalized spacial score (nSPS) is 14.9. The second-order valence-corrected chi connectivity index (χ2v) is 5.28. The van der Waals surface area contributed by atoms with Crippen LogP contribution < -0.4 is 10.5 Å². The van der Waals surface area contributed by atoms with E-state index in [0.717, 1.165) is 12.5 Å². The van der Waals surface area contributed by atoms with E-state index in [1.54, 1.807) is 0 Å². The molecule has 0 radical (unpaired) electrons. The van der Waals surface area contributed by atoms with Gasteiger partial charge in [-0.1, -0.05) is 6.92 Å². The zero-order chi connectivity index (χ0) is 15.3. The van der Waals surface area contributed by atoms with Gasteiger partial charge in [-0.3, -0.25) is 0 Å². The van der Waals surface area contributed by atoms with Crippen molar-refractivity contribution in [2.45, 2.75) is 45.8 Å². The van der Waals surface area contributed by atoms with Crippen LogP contribution in [0, 0.1) is 5.92 Å². The SMILES string of the molecule is CCOc1ccc(C(F)(F)F)cc1CC(C)CC(C)N. The van der Waals surface area contributed by atoms with Crippen LogP contribution in [0.25, 0.3) is 0 Å². The average molecular weight is 289 g/mol. The Morgan fingerprint density at radius 2 is 1.90 bits per heavy atom. The number of hydrogen-bond donors (Lipinski definition) is 1. The van der Waals surface area contributed by atoms with Crippen LogP contribution in [0.2, 0.25) is 0 Å². The summed E-state index contributed by atoms with van der Waals surface area (Å²) in [6.07, 6.45) is -3.04. The molecule has 5 heteroatoms. The van der Waals surface area contributed by atoms with Crippen molar-refractivity contribution in [2.75, 3.05) is 6.61 Å². The van der Waals surface area contributed by atoms with Crippen LogP contribution >= 0.6 is 0 Å². The van der Waals surface area contributed by atoms with Crippen molar-refractivity contribution in [3.8, 4) is 5.75 Å². The molecule has 0 amide bonds. The quantitative estimate of drug-likeness (QED) is 0.858. The van der Waals surface area contributed by atoms with Crippen molar-refractivity contribution in [2.24, 2.45) is 11.7 Å². The first kappa shape index (κ1) is 16.8. The van der Waals surface area contributed by atoms with Gasteiger partial charge in [0.05, 0.1) is 12.2 Å². The lowest BCUT2D eigenvalue weighted by molar-refractivity contribution is -0.137. The Labute approximate surface area is 118 Å². The first-order chi connectivity index (χ1) is 9.24. The van der Waals surface area contributed by atoms with Gasteiger partial charge in [-0.05, 0) is 56.4 Å². The summed E-state index contributed by atoms with van der Waals surface area (Å²) in [6, 6.07) is 3.68. The first-order valence-electron chi connectivity index (χ1n) is 6.82. The zero-order valence-corrected chi connectivity index (χ0v) is 12.1. The number of hydrogen-bond acceptors (Lipinski definition) is 2. The van der Waals surface area contributed by atoms with E-state index in [0.29, 0.717) is 24.3 Å². The number of rotatable bonds is 6. The second-order valence-electron chi connectivity index (χ2n) is 5.28. The van der Waals surface area contributed by atoms with Gasteiger partial charge in [-0.25, -0.2) is 0 Å². The molecule has 0 fully saturated rings. The number of halogens is 3. The summed E-state index contributed by atoms with van der Waals surface area (Å²) >= 11 is 0. The molecule has 1 rings (SSSR count). The van der Waals surface area contributed by atoms with Crippen LogP contribution in [0.5, 0.6) is 5.75 Å². The van der Waals surface area contributed by atoms with Gasteiger partial charge in [-0.15, -0.1) is 0 Å². The molecule has 20 heavy (non-hydrogen) atoms. The highest BCUT2D eigenvalue weighted by Gasteiger charge is 2.31. The molecule has 0 heterocycles. The third-order valence-electron chi connectivity index (χ3n) is 3.03. The summed E-state index contributed by atoms with van der Waals surface area (Å²) in [4.78, 5) is 0. The number of benzene rings is 1. The molecule has 0 aromatic heterocycles. The van der Waals surface area contributed by atoms with E-state index in [-0.39, 0.29) is 12.0 Å². The van der Waals surface area contributed by atoms with E-state index in [1.165, 1.54) is 12.1 Å². The van der Waals surface area contributed by atoms with Crippen molar-refractivity contribution >= 4 is 0 Å². The van der Waals surface area contributed by atoms with E-state index in [2.05, 4.69) is 0 Å². The van der Waals surface area contributed by atoms with Crippen LogP contribution in [0.3, 0.4) is 0 Å². The Kier molecular flexibility index (Phi) is 5.87. The maximum atomic E-state index is 12.8. The van der Waals surface area contributed by atoms with Gasteiger partial charge in [0.1, 0.15) is 5.75 Å². The first-order valence-corrected chi connectivity index (χ1v) is 6.82. The van der Waals surface area contributed by atoms with E-state index in [1.807, 2.05) is 20.8 Å². The van der Waals surface area contributed by atoms with E-state index >= 15 is 0 Å². The Balaban J connectivity index is 2.99. The molecule has 1 aromatic rings. The van der Waals surface area contributed by atoms with Gasteiger partial charge in [0.25, 0.3) is 0 Å². The van der Waals surface area contributed by atoms with Gasteiger partial charge >= 0.3 is 6.18 Å². The summed E-state index contributed by atoms with van der Waals surface area (Å²) < 4.78 is 43.7. The standard InChI is InChI=1S/C15H22F3NO/c1-4-20-14-6-5-13(15(16,17)18)9-12(14)8-10(2)7-11(3)19/h5-6,9-11H,4,7-8,19H2,1-3H3. The van der Waals surface area contributed by atoms with Crippen LogP contribution in [-0.4, -0.2) is 12.6 Å². The van der Waals surface area contributed by atoms with Crippen molar-refractivity contribution in [1.29, 1.82) is 0 Å². The third kappa shape index (κ3) is 5.04. The van der Waals surface area contributed by atoms with Crippen LogP contribution in [0.1, 0.15) is 38.3 Å². The molecule has 2 nitrogen and oxygen atoms in total. The molecule has 1 aromatic carbocycles. The van der Waals surface area contributed by atoms with Gasteiger partial charge < -0.3 is 10.5 Å². The fourth-order valence-electron chi connectivity index (χ4n) is 2.31. The Bertz CT molecular complexity index is 430. The third-order valence-corrected chi connectivity index (χ3v) is 3.03. The lowest BCUT2D eigenvalue weighted by Crippen LogP contribution is -2.19. The monoisotopic (exact) mass is 289 g/mol. The van der Waals surface area contributed by atoms with Gasteiger partial charge in [0.2, 0.25) is 0 Å². The molecule has 0 aliphatic heterocycles. The summed E-state index contributed by atoms with van der Waals surface area (Å²) in [6.45, 7) is 6.12. The summed E-state index contributed by atoms with van der Waals surface area (Å²) in [5.41, 5.74) is 5.69. The predicted octanol–water partition coefficient (Wildman–Crippen LogP) is 4.02. The Morgan fingerprint density at radius 3 is 2.40 bits per heavy atom. The van der Waals surface area contributed by atoms with E-state index in [9.17, 15) is 13.2 Å². The molecule has 2 N–H and O–H groups in total. The molecular weight excluding hydrogens is 267 g/mol. The maximum Gasteiger partial charge on any atom is 0.416 e. The average Bonchev–Trinajstić information content (AvgIpc) is 2.29. The van der Waals surface area contributed by atoms with Crippen molar-refractivity contribution in [3.05, 3.63) is 29.3 Å². The lowest BCUT2D eigenvalue weighted by Gasteiger charge is -2.18. The number of ether oxygens (including phenoxy) is 1. The van der Waals surface area contributed by atoms with Crippen LogP contribution in [0.4, 0.5) is 13.2 Å². The minimum Gasteiger partial charge on any atom is -0.494 e.